The summed E-state index contributed by atoms with van der Waals surface area (Å²) in [6.07, 6.45) is 10.2. The van der Waals surface area contributed by atoms with Crippen LogP contribution in [0, 0.1) is 0 Å². The number of nitrogens with zero attached hydrogens (tertiary/aromatic N) is 3. The second-order valence-electron chi connectivity index (χ2n) is 8.26. The van der Waals surface area contributed by atoms with Crippen molar-refractivity contribution < 1.29 is 13.2 Å². The molecule has 1 aromatic heterocycles. The number of aromatic nitrogens is 2. The molecule has 1 saturated carbocycles. The summed E-state index contributed by atoms with van der Waals surface area (Å²) >= 11 is 0. The zero-order chi connectivity index (χ0) is 21.0. The van der Waals surface area contributed by atoms with Gasteiger partial charge in [-0.25, -0.2) is 13.1 Å². The maximum Gasteiger partial charge on any atom is 0.243 e. The van der Waals surface area contributed by atoms with E-state index in [4.69, 9.17) is 0 Å². The minimum Gasteiger partial charge on any atom is -0.311 e. The van der Waals surface area contributed by atoms with Gasteiger partial charge in [-0.05, 0) is 49.8 Å². The van der Waals surface area contributed by atoms with Crippen LogP contribution in [0.3, 0.4) is 0 Å². The summed E-state index contributed by atoms with van der Waals surface area (Å²) in [7, 11) is -3.41. The zero-order valence-electron chi connectivity index (χ0n) is 17.3. The Morgan fingerprint density at radius 2 is 1.70 bits per heavy atom. The number of hydrogen-bond acceptors (Lipinski definition) is 4. The summed E-state index contributed by atoms with van der Waals surface area (Å²) in [5.74, 6) is 0.703. The lowest BCUT2D eigenvalue weighted by atomic mass is 10.1. The number of amides is 1. The number of benzene rings is 1. The van der Waals surface area contributed by atoms with Gasteiger partial charge in [0.25, 0.3) is 0 Å². The van der Waals surface area contributed by atoms with Crippen molar-refractivity contribution in [2.45, 2.75) is 68.7 Å². The topological polar surface area (TPSA) is 84.3 Å². The van der Waals surface area contributed by atoms with Crippen molar-refractivity contribution in [2.75, 3.05) is 18.4 Å². The summed E-state index contributed by atoms with van der Waals surface area (Å²) in [6, 6.07) is 9.17. The molecule has 162 valence electrons. The Hall–Kier alpha value is -2.19. The highest BCUT2D eigenvalue weighted by molar-refractivity contribution is 7.89. The first-order chi connectivity index (χ1) is 14.5. The van der Waals surface area contributed by atoms with Gasteiger partial charge in [0.2, 0.25) is 15.9 Å². The highest BCUT2D eigenvalue weighted by atomic mass is 32.2. The number of piperidine rings is 1. The molecule has 1 aliphatic heterocycles. The minimum atomic E-state index is -3.41. The first-order valence-corrected chi connectivity index (χ1v) is 12.4. The Morgan fingerprint density at radius 1 is 1.00 bits per heavy atom. The second kappa shape index (κ2) is 9.31. The number of anilines is 1. The van der Waals surface area contributed by atoms with E-state index in [0.29, 0.717) is 36.9 Å². The molecule has 0 radical (unpaired) electrons. The van der Waals surface area contributed by atoms with Crippen molar-refractivity contribution in [3.05, 3.63) is 42.1 Å². The molecule has 1 saturated heterocycles. The maximum atomic E-state index is 12.7. The fourth-order valence-corrected chi connectivity index (χ4v) is 5.92. The van der Waals surface area contributed by atoms with E-state index in [1.807, 2.05) is 22.9 Å². The van der Waals surface area contributed by atoms with Gasteiger partial charge >= 0.3 is 0 Å². The molecule has 0 spiro atoms. The van der Waals surface area contributed by atoms with Crippen molar-refractivity contribution in [3.63, 3.8) is 0 Å². The lowest BCUT2D eigenvalue weighted by Gasteiger charge is -2.25. The molecule has 30 heavy (non-hydrogen) atoms. The molecule has 1 amide bonds. The number of aryl methyl sites for hydroxylation is 1. The molecule has 7 nitrogen and oxygen atoms in total. The lowest BCUT2D eigenvalue weighted by Crippen LogP contribution is -2.35. The smallest absolute Gasteiger partial charge is 0.243 e. The van der Waals surface area contributed by atoms with Crippen molar-refractivity contribution in [1.29, 1.82) is 0 Å². The molecule has 2 heterocycles. The average Bonchev–Trinajstić information content (AvgIpc) is 3.45. The molecule has 4 rings (SSSR count). The zero-order valence-corrected chi connectivity index (χ0v) is 18.1. The van der Waals surface area contributed by atoms with E-state index in [1.54, 1.807) is 22.6 Å². The van der Waals surface area contributed by atoms with Gasteiger partial charge in [0.05, 0.1) is 17.1 Å². The SMILES string of the molecule is O=C(CCc1ccc(S(=O)(=O)N2CCCCC2)cc1)Nc1ccnn1C1CCCC1. The minimum absolute atomic E-state index is 0.0558. The highest BCUT2D eigenvalue weighted by Crippen LogP contribution is 2.31. The fraction of sp³-hybridized carbons (Fsp3) is 0.545. The summed E-state index contributed by atoms with van der Waals surface area (Å²) in [4.78, 5) is 12.8. The number of carbonyl (C=O) groups is 1. The molecular formula is C22H30N4O3S. The largest absolute Gasteiger partial charge is 0.311 e. The van der Waals surface area contributed by atoms with Crippen molar-refractivity contribution >= 4 is 21.7 Å². The van der Waals surface area contributed by atoms with Gasteiger partial charge in [0, 0.05) is 25.6 Å². The maximum absolute atomic E-state index is 12.7. The van der Waals surface area contributed by atoms with E-state index in [-0.39, 0.29) is 5.91 Å². The van der Waals surface area contributed by atoms with Gasteiger partial charge in [-0.2, -0.15) is 9.40 Å². The normalized spacial score (nSPS) is 18.5. The summed E-state index contributed by atoms with van der Waals surface area (Å²) in [5, 5.41) is 7.36. The number of sulfonamides is 1. The Morgan fingerprint density at radius 3 is 2.40 bits per heavy atom. The van der Waals surface area contributed by atoms with Crippen LogP contribution in [0.5, 0.6) is 0 Å². The molecular weight excluding hydrogens is 400 g/mol. The standard InChI is InChI=1S/C22H30N4O3S/c27-22(24-21-14-15-23-26(21)19-6-2-3-7-19)13-10-18-8-11-20(12-9-18)30(28,29)25-16-4-1-5-17-25/h8-9,11-12,14-15,19H,1-7,10,13,16-17H2,(H,24,27). The Labute approximate surface area is 178 Å². The Balaban J connectivity index is 1.32. The van der Waals surface area contributed by atoms with Crippen LogP contribution < -0.4 is 5.32 Å². The van der Waals surface area contributed by atoms with Crippen LogP contribution in [0.15, 0.2) is 41.4 Å². The average molecular weight is 431 g/mol. The predicted molar refractivity (Wildman–Crippen MR) is 116 cm³/mol. The number of rotatable bonds is 7. The highest BCUT2D eigenvalue weighted by Gasteiger charge is 2.25. The van der Waals surface area contributed by atoms with Gasteiger partial charge in [-0.3, -0.25) is 4.79 Å². The van der Waals surface area contributed by atoms with Crippen LogP contribution in [0.25, 0.3) is 0 Å². The van der Waals surface area contributed by atoms with Crippen molar-refractivity contribution in [1.82, 2.24) is 14.1 Å². The molecule has 1 N–H and O–H groups in total. The van der Waals surface area contributed by atoms with Crippen LogP contribution in [0.4, 0.5) is 5.82 Å². The first kappa shape index (κ1) is 21.1. The number of nitrogens with one attached hydrogen (secondary N) is 1. The number of hydrogen-bond donors (Lipinski definition) is 1. The van der Waals surface area contributed by atoms with Crippen LogP contribution in [0.1, 0.15) is 63.0 Å². The second-order valence-corrected chi connectivity index (χ2v) is 10.2. The monoisotopic (exact) mass is 430 g/mol. The molecule has 2 fully saturated rings. The van der Waals surface area contributed by atoms with E-state index < -0.39 is 10.0 Å². The van der Waals surface area contributed by atoms with Gasteiger partial charge in [-0.1, -0.05) is 31.4 Å². The molecule has 2 aliphatic rings. The van der Waals surface area contributed by atoms with Crippen molar-refractivity contribution in [3.8, 4) is 0 Å². The fourth-order valence-electron chi connectivity index (χ4n) is 4.40. The van der Waals surface area contributed by atoms with E-state index in [1.165, 1.54) is 12.8 Å². The van der Waals surface area contributed by atoms with E-state index in [9.17, 15) is 13.2 Å². The van der Waals surface area contributed by atoms with Crippen LogP contribution >= 0.6 is 0 Å². The van der Waals surface area contributed by atoms with Gasteiger partial charge in [0.1, 0.15) is 5.82 Å². The Kier molecular flexibility index (Phi) is 6.53. The first-order valence-electron chi connectivity index (χ1n) is 11.0. The van der Waals surface area contributed by atoms with Gasteiger partial charge in [-0.15, -0.1) is 0 Å². The molecule has 8 heteroatoms. The van der Waals surface area contributed by atoms with E-state index in [2.05, 4.69) is 10.4 Å². The summed E-state index contributed by atoms with van der Waals surface area (Å²) in [5.41, 5.74) is 0.951. The third-order valence-electron chi connectivity index (χ3n) is 6.13. The third-order valence-corrected chi connectivity index (χ3v) is 8.04. The summed E-state index contributed by atoms with van der Waals surface area (Å²) in [6.45, 7) is 1.20. The molecule has 0 bridgehead atoms. The molecule has 2 aromatic rings. The van der Waals surface area contributed by atoms with Crippen LogP contribution in [-0.4, -0.2) is 41.5 Å². The molecule has 0 atom stereocenters. The predicted octanol–water partition coefficient (Wildman–Crippen LogP) is 3.74. The molecule has 1 aliphatic carbocycles. The molecule has 0 unspecified atom stereocenters. The van der Waals surface area contributed by atoms with Gasteiger partial charge in [0.15, 0.2) is 0 Å². The van der Waals surface area contributed by atoms with Crippen LogP contribution in [0.2, 0.25) is 0 Å². The lowest BCUT2D eigenvalue weighted by molar-refractivity contribution is -0.116. The molecule has 1 aromatic carbocycles. The summed E-state index contributed by atoms with van der Waals surface area (Å²) < 4.78 is 29.0. The van der Waals surface area contributed by atoms with Crippen LogP contribution in [-0.2, 0) is 21.2 Å². The third kappa shape index (κ3) is 4.75. The number of carbonyl (C=O) groups excluding carboxylic acids is 1. The van der Waals surface area contributed by atoms with Gasteiger partial charge < -0.3 is 5.32 Å². The quantitative estimate of drug-likeness (QED) is 0.725. The van der Waals surface area contributed by atoms with E-state index >= 15 is 0 Å². The van der Waals surface area contributed by atoms with Crippen molar-refractivity contribution in [2.24, 2.45) is 0 Å². The Bertz CT molecular complexity index is 957. The van der Waals surface area contributed by atoms with E-state index in [0.717, 1.165) is 43.5 Å².